The first-order valence-electron chi connectivity index (χ1n) is 8.17. The quantitative estimate of drug-likeness (QED) is 0.461. The van der Waals surface area contributed by atoms with Gasteiger partial charge in [0, 0.05) is 26.2 Å². The highest BCUT2D eigenvalue weighted by atomic mass is 35.5. The van der Waals surface area contributed by atoms with E-state index in [0.29, 0.717) is 26.2 Å². The fourth-order valence-electron chi connectivity index (χ4n) is 3.23. The van der Waals surface area contributed by atoms with E-state index in [1.54, 1.807) is 24.3 Å². The summed E-state index contributed by atoms with van der Waals surface area (Å²) in [6.45, 7) is 2.73. The van der Waals surface area contributed by atoms with Crippen LogP contribution >= 0.6 is 11.6 Å². The lowest BCUT2D eigenvalue weighted by atomic mass is 9.96. The van der Waals surface area contributed by atoms with E-state index < -0.39 is 5.50 Å². The van der Waals surface area contributed by atoms with Crippen LogP contribution in [0.3, 0.4) is 0 Å². The molecule has 0 radical (unpaired) electrons. The molecule has 0 aliphatic carbocycles. The molecule has 1 unspecified atom stereocenters. The molecule has 3 rings (SSSR count). The summed E-state index contributed by atoms with van der Waals surface area (Å²) in [5.41, 5.74) is 1.27. The molecule has 1 fully saturated rings. The van der Waals surface area contributed by atoms with Crippen molar-refractivity contribution in [2.45, 2.75) is 11.5 Å². The Morgan fingerprint density at radius 1 is 0.800 bits per heavy atom. The van der Waals surface area contributed by atoms with Crippen LogP contribution in [0.25, 0.3) is 0 Å². The monoisotopic (exact) mass is 364 g/mol. The third kappa shape index (κ3) is 4.24. The lowest BCUT2D eigenvalue weighted by Crippen LogP contribution is -2.50. The van der Waals surface area contributed by atoms with Crippen molar-refractivity contribution in [1.82, 2.24) is 9.80 Å². The van der Waals surface area contributed by atoms with Gasteiger partial charge in [0.25, 0.3) is 0 Å². The first kappa shape index (κ1) is 18.0. The van der Waals surface area contributed by atoms with E-state index in [9.17, 15) is 13.6 Å². The molecule has 0 aromatic heterocycles. The lowest BCUT2D eigenvalue weighted by molar-refractivity contribution is -0.110. The average molecular weight is 365 g/mol. The molecule has 0 saturated carbocycles. The molecule has 1 saturated heterocycles. The van der Waals surface area contributed by atoms with Gasteiger partial charge in [0.15, 0.2) is 6.29 Å². The first-order valence-corrected chi connectivity index (χ1v) is 8.60. The van der Waals surface area contributed by atoms with Crippen LogP contribution < -0.4 is 0 Å². The highest BCUT2D eigenvalue weighted by molar-refractivity contribution is 6.27. The second-order valence-corrected chi connectivity index (χ2v) is 6.53. The van der Waals surface area contributed by atoms with Gasteiger partial charge in [-0.3, -0.25) is 9.80 Å². The van der Waals surface area contributed by atoms with Crippen LogP contribution in [-0.2, 0) is 4.79 Å². The van der Waals surface area contributed by atoms with Crippen molar-refractivity contribution >= 4 is 17.9 Å². The van der Waals surface area contributed by atoms with Crippen LogP contribution in [0.1, 0.15) is 17.2 Å². The minimum atomic E-state index is -0.614. The molecule has 1 heterocycles. The standard InChI is InChI=1S/C19H19ClF2N2O/c20-18(13-25)23-9-11-24(12-10-23)19(14-1-5-16(21)6-2-14)15-3-7-17(22)8-4-15/h1-8,13,18-19H,9-12H2. The molecule has 25 heavy (non-hydrogen) atoms. The predicted molar refractivity (Wildman–Crippen MR) is 93.5 cm³/mol. The highest BCUT2D eigenvalue weighted by Crippen LogP contribution is 2.30. The van der Waals surface area contributed by atoms with Gasteiger partial charge < -0.3 is 4.79 Å². The Morgan fingerprint density at radius 2 is 1.20 bits per heavy atom. The molecule has 2 aromatic carbocycles. The third-order valence-electron chi connectivity index (χ3n) is 4.55. The maximum atomic E-state index is 13.3. The van der Waals surface area contributed by atoms with Gasteiger partial charge in [-0.2, -0.15) is 0 Å². The normalized spacial score (nSPS) is 17.6. The Balaban J connectivity index is 1.86. The van der Waals surface area contributed by atoms with Crippen LogP contribution in [0.15, 0.2) is 48.5 Å². The Labute approximate surface area is 150 Å². The van der Waals surface area contributed by atoms with E-state index in [4.69, 9.17) is 11.6 Å². The fourth-order valence-corrected chi connectivity index (χ4v) is 3.43. The largest absolute Gasteiger partial charge is 0.300 e. The molecule has 0 amide bonds. The molecule has 1 aliphatic rings. The second kappa shape index (κ2) is 8.04. The predicted octanol–water partition coefficient (Wildman–Crippen LogP) is 3.44. The SMILES string of the molecule is O=CC(Cl)N1CCN(C(c2ccc(F)cc2)c2ccc(F)cc2)CC1. The van der Waals surface area contributed by atoms with Crippen LogP contribution in [-0.4, -0.2) is 47.8 Å². The number of piperazine rings is 1. The van der Waals surface area contributed by atoms with Gasteiger partial charge in [-0.1, -0.05) is 35.9 Å². The van der Waals surface area contributed by atoms with E-state index in [2.05, 4.69) is 4.90 Å². The third-order valence-corrected chi connectivity index (χ3v) is 4.93. The minimum Gasteiger partial charge on any atom is -0.300 e. The van der Waals surface area contributed by atoms with Crippen molar-refractivity contribution < 1.29 is 13.6 Å². The Kier molecular flexibility index (Phi) is 5.78. The molecule has 0 spiro atoms. The summed E-state index contributed by atoms with van der Waals surface area (Å²) in [6, 6.07) is 12.7. The van der Waals surface area contributed by atoms with Crippen molar-refractivity contribution in [3.63, 3.8) is 0 Å². The summed E-state index contributed by atoms with van der Waals surface area (Å²) in [7, 11) is 0. The minimum absolute atomic E-state index is 0.103. The number of carbonyl (C=O) groups is 1. The lowest BCUT2D eigenvalue weighted by Gasteiger charge is -2.40. The van der Waals surface area contributed by atoms with Crippen molar-refractivity contribution in [2.24, 2.45) is 0 Å². The van der Waals surface area contributed by atoms with Crippen LogP contribution in [0.4, 0.5) is 8.78 Å². The zero-order chi connectivity index (χ0) is 17.8. The Bertz CT molecular complexity index is 655. The van der Waals surface area contributed by atoms with E-state index in [1.807, 2.05) is 4.90 Å². The number of halogens is 3. The topological polar surface area (TPSA) is 23.6 Å². The van der Waals surface area contributed by atoms with E-state index >= 15 is 0 Å². The van der Waals surface area contributed by atoms with Crippen LogP contribution in [0.5, 0.6) is 0 Å². The number of carbonyl (C=O) groups excluding carboxylic acids is 1. The zero-order valence-electron chi connectivity index (χ0n) is 13.6. The van der Waals surface area contributed by atoms with Crippen molar-refractivity contribution in [2.75, 3.05) is 26.2 Å². The van der Waals surface area contributed by atoms with Gasteiger partial charge in [0.1, 0.15) is 17.1 Å². The average Bonchev–Trinajstić information content (AvgIpc) is 2.65. The molecular weight excluding hydrogens is 346 g/mol. The van der Waals surface area contributed by atoms with Crippen LogP contribution in [0.2, 0.25) is 0 Å². The summed E-state index contributed by atoms with van der Waals surface area (Å²) in [4.78, 5) is 15.0. The molecule has 1 atom stereocenters. The number of alkyl halides is 1. The highest BCUT2D eigenvalue weighted by Gasteiger charge is 2.28. The summed E-state index contributed by atoms with van der Waals surface area (Å²) in [6.07, 6.45) is 0.731. The maximum Gasteiger partial charge on any atom is 0.152 e. The van der Waals surface area contributed by atoms with Gasteiger partial charge in [-0.05, 0) is 35.4 Å². The molecule has 132 valence electrons. The van der Waals surface area contributed by atoms with Crippen LogP contribution in [0, 0.1) is 11.6 Å². The Morgan fingerprint density at radius 3 is 1.60 bits per heavy atom. The second-order valence-electron chi connectivity index (χ2n) is 6.09. The number of hydrogen-bond acceptors (Lipinski definition) is 3. The van der Waals surface area contributed by atoms with Crippen molar-refractivity contribution in [1.29, 1.82) is 0 Å². The van der Waals surface area contributed by atoms with E-state index in [1.165, 1.54) is 24.3 Å². The summed E-state index contributed by atoms with van der Waals surface area (Å²) >= 11 is 6.00. The van der Waals surface area contributed by atoms with Gasteiger partial charge in [-0.15, -0.1) is 0 Å². The number of rotatable bonds is 5. The number of benzene rings is 2. The zero-order valence-corrected chi connectivity index (χ0v) is 14.4. The maximum absolute atomic E-state index is 13.3. The van der Waals surface area contributed by atoms with Gasteiger partial charge in [0.05, 0.1) is 6.04 Å². The summed E-state index contributed by atoms with van der Waals surface area (Å²) in [5, 5.41) is 0. The van der Waals surface area contributed by atoms with Gasteiger partial charge in [-0.25, -0.2) is 8.78 Å². The van der Waals surface area contributed by atoms with E-state index in [-0.39, 0.29) is 17.7 Å². The van der Waals surface area contributed by atoms with E-state index in [0.717, 1.165) is 17.4 Å². The molecule has 0 bridgehead atoms. The number of aldehydes is 1. The van der Waals surface area contributed by atoms with Crippen molar-refractivity contribution in [3.05, 3.63) is 71.3 Å². The molecule has 2 aromatic rings. The number of nitrogens with zero attached hydrogens (tertiary/aromatic N) is 2. The fraction of sp³-hybridized carbons (Fsp3) is 0.316. The molecule has 1 aliphatic heterocycles. The summed E-state index contributed by atoms with van der Waals surface area (Å²) in [5.74, 6) is -0.579. The molecular formula is C19H19ClF2N2O. The first-order chi connectivity index (χ1) is 12.1. The molecule has 0 N–H and O–H groups in total. The van der Waals surface area contributed by atoms with Gasteiger partial charge in [0.2, 0.25) is 0 Å². The number of hydrogen-bond donors (Lipinski definition) is 0. The van der Waals surface area contributed by atoms with Crippen molar-refractivity contribution in [3.8, 4) is 0 Å². The van der Waals surface area contributed by atoms with Gasteiger partial charge >= 0.3 is 0 Å². The molecule has 3 nitrogen and oxygen atoms in total. The summed E-state index contributed by atoms with van der Waals surface area (Å²) < 4.78 is 26.6. The Hall–Kier alpha value is -1.82. The molecule has 6 heteroatoms. The smallest absolute Gasteiger partial charge is 0.152 e.